The van der Waals surface area contributed by atoms with Crippen molar-refractivity contribution in [3.63, 3.8) is 0 Å². The molecule has 0 heterocycles. The summed E-state index contributed by atoms with van der Waals surface area (Å²) in [5.41, 5.74) is -4.97. The van der Waals surface area contributed by atoms with Crippen molar-refractivity contribution in [1.82, 2.24) is 0 Å². The zero-order chi connectivity index (χ0) is 21.1. The van der Waals surface area contributed by atoms with E-state index in [1.54, 1.807) is 6.07 Å². The van der Waals surface area contributed by atoms with Crippen molar-refractivity contribution in [2.75, 3.05) is 0 Å². The van der Waals surface area contributed by atoms with Gasteiger partial charge in [0.1, 0.15) is 11.5 Å². The molecule has 148 valence electrons. The summed E-state index contributed by atoms with van der Waals surface area (Å²) in [7, 11) is 0. The third-order valence-corrected chi connectivity index (χ3v) is 4.39. The third-order valence-electron chi connectivity index (χ3n) is 4.17. The van der Waals surface area contributed by atoms with Crippen LogP contribution in [-0.4, -0.2) is 16.1 Å². The maximum Gasteiger partial charge on any atom is 0.371 e. The van der Waals surface area contributed by atoms with Crippen LogP contribution in [0.2, 0.25) is 5.02 Å². The highest BCUT2D eigenvalue weighted by atomic mass is 35.5. The molecule has 2 aromatic rings. The fraction of sp³-hybridized carbons (Fsp3) is 0.235. The van der Waals surface area contributed by atoms with E-state index in [9.17, 15) is 36.6 Å². The van der Waals surface area contributed by atoms with Crippen molar-refractivity contribution in [1.29, 1.82) is 5.26 Å². The van der Waals surface area contributed by atoms with E-state index in [2.05, 4.69) is 0 Å². The van der Waals surface area contributed by atoms with Crippen LogP contribution in [0, 0.1) is 11.3 Å². The van der Waals surface area contributed by atoms with Crippen molar-refractivity contribution in [2.24, 2.45) is 0 Å². The van der Waals surface area contributed by atoms with Crippen molar-refractivity contribution in [2.45, 2.75) is 24.1 Å². The van der Waals surface area contributed by atoms with Gasteiger partial charge in [-0.05, 0) is 30.3 Å². The SMILES string of the molecule is N#Cc1cc(Cl)cc(Oc2ccc3c(c2C(F)F)C(O)(O)C(F)(F)C3(F)F)c1. The van der Waals surface area contributed by atoms with E-state index < -0.39 is 46.5 Å². The van der Waals surface area contributed by atoms with Crippen molar-refractivity contribution in [3.8, 4) is 17.6 Å². The lowest BCUT2D eigenvalue weighted by Gasteiger charge is -2.28. The number of hydrogen-bond donors (Lipinski definition) is 2. The van der Waals surface area contributed by atoms with E-state index in [-0.39, 0.29) is 16.3 Å². The third kappa shape index (κ3) is 2.70. The van der Waals surface area contributed by atoms with Gasteiger partial charge in [0.25, 0.3) is 12.2 Å². The standard InChI is InChI=1S/C17H8ClF6NO3/c18-8-3-7(6-25)4-9(5-8)28-11-2-1-10-13(12(11)14(19)20)16(26,27)17(23,24)15(10,21)22/h1-5,14,26-27H. The first-order valence-corrected chi connectivity index (χ1v) is 7.77. The monoisotopic (exact) mass is 423 g/mol. The molecule has 3 rings (SSSR count). The maximum absolute atomic E-state index is 14.0. The Labute approximate surface area is 158 Å². The van der Waals surface area contributed by atoms with E-state index in [0.29, 0.717) is 12.1 Å². The summed E-state index contributed by atoms with van der Waals surface area (Å²) in [6.07, 6.45) is -3.68. The number of nitrogens with zero attached hydrogens (tertiary/aromatic N) is 1. The molecule has 0 fully saturated rings. The molecule has 0 saturated heterocycles. The van der Waals surface area contributed by atoms with Crippen molar-refractivity contribution >= 4 is 11.6 Å². The molecule has 2 aromatic carbocycles. The summed E-state index contributed by atoms with van der Waals surface area (Å²) in [6.45, 7) is 0. The van der Waals surface area contributed by atoms with Gasteiger partial charge in [-0.15, -0.1) is 0 Å². The summed E-state index contributed by atoms with van der Waals surface area (Å²) in [4.78, 5) is 0. The number of aliphatic hydroxyl groups is 2. The topological polar surface area (TPSA) is 73.5 Å². The van der Waals surface area contributed by atoms with Gasteiger partial charge in [0, 0.05) is 16.1 Å². The molecule has 0 amide bonds. The smallest absolute Gasteiger partial charge is 0.371 e. The minimum absolute atomic E-state index is 0.0227. The molecule has 0 aliphatic heterocycles. The highest BCUT2D eigenvalue weighted by Gasteiger charge is 2.77. The number of nitriles is 1. The largest absolute Gasteiger partial charge is 0.457 e. The van der Waals surface area contributed by atoms with Crippen LogP contribution in [0.3, 0.4) is 0 Å². The molecule has 1 aliphatic rings. The van der Waals surface area contributed by atoms with Crippen LogP contribution in [0.4, 0.5) is 26.3 Å². The molecule has 28 heavy (non-hydrogen) atoms. The zero-order valence-corrected chi connectivity index (χ0v) is 14.1. The summed E-state index contributed by atoms with van der Waals surface area (Å²) in [6, 6.07) is 6.02. The average Bonchev–Trinajstić information content (AvgIpc) is 2.69. The molecular formula is C17H8ClF6NO3. The van der Waals surface area contributed by atoms with E-state index in [1.165, 1.54) is 6.07 Å². The number of halogens is 7. The first-order chi connectivity index (χ1) is 12.8. The number of rotatable bonds is 3. The molecule has 2 N–H and O–H groups in total. The molecular weight excluding hydrogens is 416 g/mol. The Morgan fingerprint density at radius 1 is 1.07 bits per heavy atom. The second-order valence-corrected chi connectivity index (χ2v) is 6.35. The minimum Gasteiger partial charge on any atom is -0.457 e. The lowest BCUT2D eigenvalue weighted by Crippen LogP contribution is -2.49. The van der Waals surface area contributed by atoms with E-state index in [4.69, 9.17) is 21.6 Å². The second-order valence-electron chi connectivity index (χ2n) is 5.91. The van der Waals surface area contributed by atoms with Gasteiger partial charge in [0.05, 0.1) is 17.2 Å². The van der Waals surface area contributed by atoms with Gasteiger partial charge in [0.2, 0.25) is 0 Å². The molecule has 1 aliphatic carbocycles. The van der Waals surface area contributed by atoms with Crippen LogP contribution in [0.1, 0.15) is 28.7 Å². The molecule has 0 aromatic heterocycles. The maximum atomic E-state index is 14.0. The summed E-state index contributed by atoms with van der Waals surface area (Å²) >= 11 is 5.75. The molecule has 11 heteroatoms. The lowest BCUT2D eigenvalue weighted by atomic mass is 9.98. The fourth-order valence-corrected chi connectivity index (χ4v) is 3.13. The number of hydrogen-bond acceptors (Lipinski definition) is 4. The fourth-order valence-electron chi connectivity index (χ4n) is 2.90. The van der Waals surface area contributed by atoms with Gasteiger partial charge in [-0.2, -0.15) is 22.8 Å². The average molecular weight is 424 g/mol. The first kappa shape index (κ1) is 20.3. The van der Waals surface area contributed by atoms with E-state index in [1.807, 2.05) is 0 Å². The van der Waals surface area contributed by atoms with Gasteiger partial charge < -0.3 is 14.9 Å². The zero-order valence-electron chi connectivity index (χ0n) is 13.4. The van der Waals surface area contributed by atoms with Crippen molar-refractivity contribution < 1.29 is 41.3 Å². The predicted octanol–water partition coefficient (Wildman–Crippen LogP) is 4.82. The summed E-state index contributed by atoms with van der Waals surface area (Å²) < 4.78 is 87.9. The van der Waals surface area contributed by atoms with E-state index >= 15 is 0 Å². The molecule has 4 nitrogen and oxygen atoms in total. The predicted molar refractivity (Wildman–Crippen MR) is 82.6 cm³/mol. The van der Waals surface area contributed by atoms with E-state index in [0.717, 1.165) is 12.1 Å². The van der Waals surface area contributed by atoms with Crippen LogP contribution in [0.5, 0.6) is 11.5 Å². The van der Waals surface area contributed by atoms with Crippen LogP contribution in [0.25, 0.3) is 0 Å². The molecule has 0 bridgehead atoms. The number of ether oxygens (including phenoxy) is 1. The Kier molecular flexibility index (Phi) is 4.54. The highest BCUT2D eigenvalue weighted by molar-refractivity contribution is 6.30. The van der Waals surface area contributed by atoms with Gasteiger partial charge in [-0.3, -0.25) is 0 Å². The Morgan fingerprint density at radius 3 is 2.29 bits per heavy atom. The minimum atomic E-state index is -5.46. The van der Waals surface area contributed by atoms with Crippen LogP contribution in [-0.2, 0) is 11.7 Å². The number of fused-ring (bicyclic) bond motifs is 1. The molecule has 0 spiro atoms. The Balaban J connectivity index is 2.23. The van der Waals surface area contributed by atoms with Gasteiger partial charge in [-0.1, -0.05) is 11.6 Å². The molecule has 0 atom stereocenters. The highest BCUT2D eigenvalue weighted by Crippen LogP contribution is 2.62. The Hall–Kier alpha value is -2.48. The molecule has 0 radical (unpaired) electrons. The first-order valence-electron chi connectivity index (χ1n) is 7.39. The normalized spacial score (nSPS) is 18.6. The lowest BCUT2D eigenvalue weighted by molar-refractivity contribution is -0.358. The van der Waals surface area contributed by atoms with Gasteiger partial charge in [-0.25, -0.2) is 8.78 Å². The van der Waals surface area contributed by atoms with Crippen LogP contribution >= 0.6 is 11.6 Å². The van der Waals surface area contributed by atoms with Crippen molar-refractivity contribution in [3.05, 3.63) is 57.6 Å². The molecule has 0 saturated carbocycles. The second kappa shape index (κ2) is 6.27. The quantitative estimate of drug-likeness (QED) is 0.548. The molecule has 0 unspecified atom stereocenters. The Morgan fingerprint density at radius 2 is 1.71 bits per heavy atom. The van der Waals surface area contributed by atoms with Gasteiger partial charge >= 0.3 is 11.8 Å². The summed E-state index contributed by atoms with van der Waals surface area (Å²) in [5.74, 6) is -16.3. The van der Waals surface area contributed by atoms with Crippen LogP contribution in [0.15, 0.2) is 30.3 Å². The Bertz CT molecular complexity index is 1000. The van der Waals surface area contributed by atoms with Gasteiger partial charge in [0.15, 0.2) is 0 Å². The summed E-state index contributed by atoms with van der Waals surface area (Å²) in [5, 5.41) is 28.1. The number of alkyl halides is 6. The van der Waals surface area contributed by atoms with Crippen LogP contribution < -0.4 is 4.74 Å². The number of benzene rings is 2.